The van der Waals surface area contributed by atoms with E-state index in [-0.39, 0.29) is 18.0 Å². The number of benzene rings is 2. The third-order valence-corrected chi connectivity index (χ3v) is 7.20. The molecule has 1 aliphatic rings. The fourth-order valence-electron chi connectivity index (χ4n) is 3.08. The number of nitrogens with one attached hydrogen (secondary N) is 1. The normalized spacial score (nSPS) is 16.0. The van der Waals surface area contributed by atoms with Gasteiger partial charge in [0, 0.05) is 38.4 Å². The quantitative estimate of drug-likeness (QED) is 0.620. The van der Waals surface area contributed by atoms with Crippen molar-refractivity contribution in [1.82, 2.24) is 9.03 Å². The number of nitrogens with zero attached hydrogens (tertiary/aromatic N) is 2. The van der Waals surface area contributed by atoms with Gasteiger partial charge in [-0.25, -0.2) is 21.6 Å². The second-order valence-corrected chi connectivity index (χ2v) is 10.5. The Balaban J connectivity index is 1.56. The fourth-order valence-corrected chi connectivity index (χ4v) is 4.95. The first kappa shape index (κ1) is 21.6. The number of hydrogen-bond donors (Lipinski definition) is 1. The molecule has 0 bridgehead atoms. The Hall–Kier alpha value is -2.14. The van der Waals surface area contributed by atoms with Crippen LogP contribution in [0.4, 0.5) is 5.69 Å². The molecule has 2 aromatic rings. The second kappa shape index (κ2) is 9.12. The van der Waals surface area contributed by atoms with Crippen molar-refractivity contribution in [3.63, 3.8) is 0 Å². The van der Waals surface area contributed by atoms with Crippen LogP contribution in [-0.2, 0) is 20.0 Å². The summed E-state index contributed by atoms with van der Waals surface area (Å²) in [7, 11) is -6.83. The van der Waals surface area contributed by atoms with Gasteiger partial charge in [-0.15, -0.1) is 0 Å². The summed E-state index contributed by atoms with van der Waals surface area (Å²) in [6, 6.07) is 16.1. The van der Waals surface area contributed by atoms with E-state index in [1.54, 1.807) is 12.1 Å². The Morgan fingerprint density at radius 1 is 0.897 bits per heavy atom. The Kier molecular flexibility index (Phi) is 6.78. The third kappa shape index (κ3) is 5.92. The largest absolute Gasteiger partial charge is 0.492 e. The Labute approximate surface area is 172 Å². The molecular formula is C19H25N3O5S2. The van der Waals surface area contributed by atoms with E-state index in [1.807, 2.05) is 30.3 Å². The maximum atomic E-state index is 12.9. The van der Waals surface area contributed by atoms with Gasteiger partial charge in [0.05, 0.1) is 11.2 Å². The average molecular weight is 440 g/mol. The van der Waals surface area contributed by atoms with Gasteiger partial charge in [-0.3, -0.25) is 0 Å². The van der Waals surface area contributed by atoms with Crippen molar-refractivity contribution in [2.24, 2.45) is 0 Å². The van der Waals surface area contributed by atoms with Crippen LogP contribution in [0.3, 0.4) is 0 Å². The van der Waals surface area contributed by atoms with E-state index >= 15 is 0 Å². The molecule has 0 aromatic heterocycles. The minimum Gasteiger partial charge on any atom is -0.492 e. The summed E-state index contributed by atoms with van der Waals surface area (Å²) in [5, 5.41) is 0. The van der Waals surface area contributed by atoms with Crippen molar-refractivity contribution >= 4 is 25.7 Å². The van der Waals surface area contributed by atoms with Crippen LogP contribution in [0.5, 0.6) is 5.75 Å². The lowest BCUT2D eigenvalue weighted by Gasteiger charge is -2.35. The molecule has 1 fully saturated rings. The van der Waals surface area contributed by atoms with Gasteiger partial charge in [0.25, 0.3) is 0 Å². The number of ether oxygens (including phenoxy) is 1. The van der Waals surface area contributed by atoms with E-state index in [9.17, 15) is 16.8 Å². The summed E-state index contributed by atoms with van der Waals surface area (Å²) in [4.78, 5) is 2.39. The number of para-hydroxylation sites is 1. The summed E-state index contributed by atoms with van der Waals surface area (Å²) >= 11 is 0. The molecule has 0 aliphatic carbocycles. The standard InChI is InChI=1S/C19H25N3O5S2/c1-28(23,24)20-11-16-27-18-7-9-19(10-8-18)29(25,26)22-14-12-21(13-15-22)17-5-3-2-4-6-17/h2-10,20H,11-16H2,1H3. The van der Waals surface area contributed by atoms with Crippen LogP contribution in [0.1, 0.15) is 0 Å². The van der Waals surface area contributed by atoms with E-state index in [0.29, 0.717) is 31.9 Å². The van der Waals surface area contributed by atoms with Crippen molar-refractivity contribution < 1.29 is 21.6 Å². The highest BCUT2D eigenvalue weighted by molar-refractivity contribution is 7.89. The Morgan fingerprint density at radius 2 is 1.52 bits per heavy atom. The maximum absolute atomic E-state index is 12.9. The van der Waals surface area contributed by atoms with E-state index in [4.69, 9.17) is 4.74 Å². The fraction of sp³-hybridized carbons (Fsp3) is 0.368. The van der Waals surface area contributed by atoms with Gasteiger partial charge in [-0.1, -0.05) is 18.2 Å². The molecule has 1 saturated heterocycles. The van der Waals surface area contributed by atoms with Gasteiger partial charge >= 0.3 is 0 Å². The highest BCUT2D eigenvalue weighted by Crippen LogP contribution is 2.22. The van der Waals surface area contributed by atoms with Crippen LogP contribution in [0.25, 0.3) is 0 Å². The minimum atomic E-state index is -3.57. The lowest BCUT2D eigenvalue weighted by atomic mass is 10.2. The van der Waals surface area contributed by atoms with Crippen LogP contribution >= 0.6 is 0 Å². The maximum Gasteiger partial charge on any atom is 0.243 e. The molecule has 10 heteroatoms. The molecule has 1 N–H and O–H groups in total. The number of hydrogen-bond acceptors (Lipinski definition) is 6. The first-order valence-corrected chi connectivity index (χ1v) is 12.6. The summed E-state index contributed by atoms with van der Waals surface area (Å²) < 4.78 is 57.1. The van der Waals surface area contributed by atoms with Crippen LogP contribution in [0.15, 0.2) is 59.5 Å². The molecule has 2 aromatic carbocycles. The van der Waals surface area contributed by atoms with Crippen molar-refractivity contribution in [1.29, 1.82) is 0 Å². The lowest BCUT2D eigenvalue weighted by molar-refractivity contribution is 0.322. The predicted molar refractivity (Wildman–Crippen MR) is 112 cm³/mol. The van der Waals surface area contributed by atoms with Crippen molar-refractivity contribution in [2.45, 2.75) is 4.90 Å². The second-order valence-electron chi connectivity index (χ2n) is 6.71. The predicted octanol–water partition coefficient (Wildman–Crippen LogP) is 1.13. The zero-order valence-corrected chi connectivity index (χ0v) is 17.8. The molecule has 0 radical (unpaired) electrons. The van der Waals surface area contributed by atoms with Gasteiger partial charge < -0.3 is 9.64 Å². The first-order valence-electron chi connectivity index (χ1n) is 9.23. The van der Waals surface area contributed by atoms with E-state index < -0.39 is 20.0 Å². The zero-order chi connectivity index (χ0) is 20.9. The van der Waals surface area contributed by atoms with Crippen molar-refractivity contribution in [3.8, 4) is 5.75 Å². The molecule has 0 amide bonds. The summed E-state index contributed by atoms with van der Waals surface area (Å²) in [6.07, 6.45) is 1.08. The average Bonchev–Trinajstić information content (AvgIpc) is 2.72. The van der Waals surface area contributed by atoms with E-state index in [1.165, 1.54) is 16.4 Å². The van der Waals surface area contributed by atoms with Crippen LogP contribution in [-0.4, -0.2) is 66.7 Å². The van der Waals surface area contributed by atoms with Crippen molar-refractivity contribution in [2.75, 3.05) is 50.5 Å². The zero-order valence-electron chi connectivity index (χ0n) is 16.2. The van der Waals surface area contributed by atoms with Crippen LogP contribution < -0.4 is 14.4 Å². The highest BCUT2D eigenvalue weighted by Gasteiger charge is 2.28. The molecular weight excluding hydrogens is 414 g/mol. The first-order chi connectivity index (χ1) is 13.8. The lowest BCUT2D eigenvalue weighted by Crippen LogP contribution is -2.48. The molecule has 158 valence electrons. The smallest absolute Gasteiger partial charge is 0.243 e. The highest BCUT2D eigenvalue weighted by atomic mass is 32.2. The number of piperazine rings is 1. The molecule has 0 spiro atoms. The molecule has 3 rings (SSSR count). The number of sulfonamides is 2. The number of anilines is 1. The van der Waals surface area contributed by atoms with Gasteiger partial charge in [0.15, 0.2) is 0 Å². The molecule has 29 heavy (non-hydrogen) atoms. The molecule has 0 saturated carbocycles. The SMILES string of the molecule is CS(=O)(=O)NCCOc1ccc(S(=O)(=O)N2CCN(c3ccccc3)CC2)cc1. The Morgan fingerprint density at radius 3 is 2.10 bits per heavy atom. The third-order valence-electron chi connectivity index (χ3n) is 4.56. The monoisotopic (exact) mass is 439 g/mol. The molecule has 1 aliphatic heterocycles. The van der Waals surface area contributed by atoms with E-state index in [0.717, 1.165) is 11.9 Å². The summed E-state index contributed by atoms with van der Waals surface area (Å²) in [5.41, 5.74) is 1.09. The molecule has 0 atom stereocenters. The van der Waals surface area contributed by atoms with Crippen molar-refractivity contribution in [3.05, 3.63) is 54.6 Å². The topological polar surface area (TPSA) is 96.0 Å². The summed E-state index contributed by atoms with van der Waals surface area (Å²) in [5.74, 6) is 0.480. The number of rotatable bonds is 8. The molecule has 0 unspecified atom stereocenters. The van der Waals surface area contributed by atoms with Gasteiger partial charge in [0.1, 0.15) is 12.4 Å². The van der Waals surface area contributed by atoms with E-state index in [2.05, 4.69) is 9.62 Å². The van der Waals surface area contributed by atoms with Gasteiger partial charge in [-0.2, -0.15) is 4.31 Å². The van der Waals surface area contributed by atoms with Gasteiger partial charge in [-0.05, 0) is 36.4 Å². The van der Waals surface area contributed by atoms with Crippen LogP contribution in [0.2, 0.25) is 0 Å². The molecule has 1 heterocycles. The molecule has 8 nitrogen and oxygen atoms in total. The van der Waals surface area contributed by atoms with Gasteiger partial charge in [0.2, 0.25) is 20.0 Å². The summed E-state index contributed by atoms with van der Waals surface area (Å²) in [6.45, 7) is 2.42. The Bertz CT molecular complexity index is 1000. The van der Waals surface area contributed by atoms with Crippen LogP contribution in [0, 0.1) is 0 Å². The minimum absolute atomic E-state index is 0.143.